The van der Waals surface area contributed by atoms with Crippen LogP contribution in [0.1, 0.15) is 24.4 Å². The predicted octanol–water partition coefficient (Wildman–Crippen LogP) is 2.80. The van der Waals surface area contributed by atoms with E-state index in [2.05, 4.69) is 5.32 Å². The van der Waals surface area contributed by atoms with Crippen molar-refractivity contribution in [3.05, 3.63) is 54.2 Å². The Labute approximate surface area is 144 Å². The van der Waals surface area contributed by atoms with E-state index < -0.39 is 23.7 Å². The van der Waals surface area contributed by atoms with Gasteiger partial charge in [0, 0.05) is 0 Å². The number of rotatable bonds is 8. The Kier molecular flexibility index (Phi) is 6.56. The van der Waals surface area contributed by atoms with Crippen molar-refractivity contribution in [2.45, 2.75) is 19.9 Å². The number of benzene rings is 1. The highest BCUT2D eigenvalue weighted by molar-refractivity contribution is 5.94. The van der Waals surface area contributed by atoms with E-state index in [1.54, 1.807) is 32.0 Å². The Morgan fingerprint density at radius 3 is 2.56 bits per heavy atom. The first-order valence-corrected chi connectivity index (χ1v) is 7.87. The molecule has 2 aromatic rings. The van der Waals surface area contributed by atoms with Crippen LogP contribution in [0.2, 0.25) is 0 Å². The molecular formula is C18H20FNO5. The van der Waals surface area contributed by atoms with Crippen molar-refractivity contribution < 1.29 is 27.9 Å². The maximum absolute atomic E-state index is 13.4. The third kappa shape index (κ3) is 5.34. The van der Waals surface area contributed by atoms with Crippen molar-refractivity contribution in [2.75, 3.05) is 13.2 Å². The summed E-state index contributed by atoms with van der Waals surface area (Å²) in [5, 5.41) is 2.58. The SMILES string of the molecule is CC(C)[C@@H](NC(=O)c1ccco1)C(=O)OCCOc1ccccc1F. The molecule has 0 radical (unpaired) electrons. The van der Waals surface area contributed by atoms with Crippen molar-refractivity contribution in [1.82, 2.24) is 5.32 Å². The number of para-hydroxylation sites is 1. The van der Waals surface area contributed by atoms with Gasteiger partial charge >= 0.3 is 5.97 Å². The second-order valence-electron chi connectivity index (χ2n) is 5.62. The molecule has 0 aliphatic heterocycles. The molecule has 0 aliphatic carbocycles. The number of carbonyl (C=O) groups is 2. The van der Waals surface area contributed by atoms with Crippen LogP contribution in [-0.4, -0.2) is 31.1 Å². The lowest BCUT2D eigenvalue weighted by Gasteiger charge is -2.20. The van der Waals surface area contributed by atoms with Gasteiger partial charge in [0.1, 0.15) is 19.3 Å². The Bertz CT molecular complexity index is 699. The van der Waals surface area contributed by atoms with Crippen LogP contribution in [0.5, 0.6) is 5.75 Å². The molecule has 1 N–H and O–H groups in total. The monoisotopic (exact) mass is 349 g/mol. The van der Waals surface area contributed by atoms with Crippen LogP contribution in [0, 0.1) is 11.7 Å². The fourth-order valence-corrected chi connectivity index (χ4v) is 2.06. The van der Waals surface area contributed by atoms with Crippen LogP contribution in [0.3, 0.4) is 0 Å². The van der Waals surface area contributed by atoms with Gasteiger partial charge in [-0.15, -0.1) is 0 Å². The molecule has 0 unspecified atom stereocenters. The van der Waals surface area contributed by atoms with E-state index in [0.717, 1.165) is 0 Å². The largest absolute Gasteiger partial charge is 0.487 e. The van der Waals surface area contributed by atoms with Crippen molar-refractivity contribution in [2.24, 2.45) is 5.92 Å². The van der Waals surface area contributed by atoms with Crippen LogP contribution in [0.4, 0.5) is 4.39 Å². The lowest BCUT2D eigenvalue weighted by molar-refractivity contribution is -0.147. The number of furan rings is 1. The molecule has 25 heavy (non-hydrogen) atoms. The van der Waals surface area contributed by atoms with Gasteiger partial charge in [0.05, 0.1) is 6.26 Å². The average molecular weight is 349 g/mol. The van der Waals surface area contributed by atoms with E-state index >= 15 is 0 Å². The first-order valence-electron chi connectivity index (χ1n) is 7.87. The zero-order valence-corrected chi connectivity index (χ0v) is 14.0. The van der Waals surface area contributed by atoms with Crippen molar-refractivity contribution in [1.29, 1.82) is 0 Å². The van der Waals surface area contributed by atoms with Gasteiger partial charge in [0.25, 0.3) is 5.91 Å². The second kappa shape index (κ2) is 8.86. The molecule has 0 saturated carbocycles. The zero-order valence-electron chi connectivity index (χ0n) is 14.0. The number of ether oxygens (including phenoxy) is 2. The summed E-state index contributed by atoms with van der Waals surface area (Å²) in [6.07, 6.45) is 1.37. The number of halogens is 1. The summed E-state index contributed by atoms with van der Waals surface area (Å²) in [6, 6.07) is 8.21. The molecule has 1 aromatic heterocycles. The standard InChI is InChI=1S/C18H20FNO5/c1-12(2)16(20-17(21)15-8-5-9-23-15)18(22)25-11-10-24-14-7-4-3-6-13(14)19/h3-9,12,16H,10-11H2,1-2H3,(H,20,21)/t16-/m1/s1. The summed E-state index contributed by atoms with van der Waals surface area (Å²) in [7, 11) is 0. The van der Waals surface area contributed by atoms with Gasteiger partial charge in [0.15, 0.2) is 17.3 Å². The fraction of sp³-hybridized carbons (Fsp3) is 0.333. The molecule has 134 valence electrons. The lowest BCUT2D eigenvalue weighted by Crippen LogP contribution is -2.45. The molecule has 0 aliphatic rings. The number of carbonyl (C=O) groups excluding carboxylic acids is 2. The first-order chi connectivity index (χ1) is 12.0. The molecule has 0 bridgehead atoms. The Hall–Kier alpha value is -2.83. The molecule has 1 heterocycles. The van der Waals surface area contributed by atoms with E-state index in [0.29, 0.717) is 0 Å². The Balaban J connectivity index is 1.82. The highest BCUT2D eigenvalue weighted by Gasteiger charge is 2.26. The molecule has 1 aromatic carbocycles. The highest BCUT2D eigenvalue weighted by Crippen LogP contribution is 2.15. The molecule has 7 heteroatoms. The summed E-state index contributed by atoms with van der Waals surface area (Å²) >= 11 is 0. The first kappa shape index (κ1) is 18.5. The number of hydrogen-bond donors (Lipinski definition) is 1. The zero-order chi connectivity index (χ0) is 18.2. The molecule has 0 saturated heterocycles. The molecular weight excluding hydrogens is 329 g/mol. The maximum atomic E-state index is 13.4. The van der Waals surface area contributed by atoms with Gasteiger partial charge in [-0.05, 0) is 30.2 Å². The molecule has 0 spiro atoms. The number of esters is 1. The average Bonchev–Trinajstić information content (AvgIpc) is 3.12. The van der Waals surface area contributed by atoms with E-state index in [9.17, 15) is 14.0 Å². The molecule has 6 nitrogen and oxygen atoms in total. The summed E-state index contributed by atoms with van der Waals surface area (Å²) < 4.78 is 28.7. The van der Waals surface area contributed by atoms with Crippen molar-refractivity contribution in [3.63, 3.8) is 0 Å². The molecule has 2 rings (SSSR count). The number of nitrogens with one attached hydrogen (secondary N) is 1. The minimum atomic E-state index is -0.828. The van der Waals surface area contributed by atoms with E-state index in [-0.39, 0.29) is 30.6 Å². The van der Waals surface area contributed by atoms with Gasteiger partial charge in [-0.25, -0.2) is 9.18 Å². The number of hydrogen-bond acceptors (Lipinski definition) is 5. The van der Waals surface area contributed by atoms with Crippen molar-refractivity contribution >= 4 is 11.9 Å². The summed E-state index contributed by atoms with van der Waals surface area (Å²) in [6.45, 7) is 3.50. The Morgan fingerprint density at radius 2 is 1.92 bits per heavy atom. The van der Waals surface area contributed by atoms with Crippen LogP contribution in [0.25, 0.3) is 0 Å². The highest BCUT2D eigenvalue weighted by atomic mass is 19.1. The minimum Gasteiger partial charge on any atom is -0.487 e. The van der Waals surface area contributed by atoms with Gasteiger partial charge in [-0.3, -0.25) is 4.79 Å². The van der Waals surface area contributed by atoms with Crippen LogP contribution in [-0.2, 0) is 9.53 Å². The van der Waals surface area contributed by atoms with Gasteiger partial charge < -0.3 is 19.2 Å². The lowest BCUT2D eigenvalue weighted by atomic mass is 10.0. The third-order valence-corrected chi connectivity index (χ3v) is 3.37. The minimum absolute atomic E-state index is 0.00359. The Morgan fingerprint density at radius 1 is 1.16 bits per heavy atom. The van der Waals surface area contributed by atoms with Crippen molar-refractivity contribution in [3.8, 4) is 5.75 Å². The molecule has 1 atom stereocenters. The quantitative estimate of drug-likeness (QED) is 0.586. The van der Waals surface area contributed by atoms with Gasteiger partial charge in [-0.2, -0.15) is 0 Å². The molecule has 0 fully saturated rings. The van der Waals surface area contributed by atoms with Crippen LogP contribution < -0.4 is 10.1 Å². The van der Waals surface area contributed by atoms with Crippen LogP contribution in [0.15, 0.2) is 47.1 Å². The van der Waals surface area contributed by atoms with E-state index in [4.69, 9.17) is 13.9 Å². The predicted molar refractivity (Wildman–Crippen MR) is 87.7 cm³/mol. The van der Waals surface area contributed by atoms with Gasteiger partial charge in [-0.1, -0.05) is 26.0 Å². The summed E-state index contributed by atoms with van der Waals surface area (Å²) in [4.78, 5) is 24.2. The topological polar surface area (TPSA) is 77.8 Å². The third-order valence-electron chi connectivity index (χ3n) is 3.37. The van der Waals surface area contributed by atoms with E-state index in [1.807, 2.05) is 0 Å². The number of amides is 1. The van der Waals surface area contributed by atoms with E-state index in [1.165, 1.54) is 24.5 Å². The summed E-state index contributed by atoms with van der Waals surface area (Å²) in [5.74, 6) is -1.56. The fourth-order valence-electron chi connectivity index (χ4n) is 2.06. The maximum Gasteiger partial charge on any atom is 0.329 e. The van der Waals surface area contributed by atoms with Gasteiger partial charge in [0.2, 0.25) is 0 Å². The second-order valence-corrected chi connectivity index (χ2v) is 5.62. The summed E-state index contributed by atoms with van der Waals surface area (Å²) in [5.41, 5.74) is 0. The van der Waals surface area contributed by atoms with Crippen LogP contribution >= 0.6 is 0 Å². The molecule has 1 amide bonds. The normalized spacial score (nSPS) is 11.8. The smallest absolute Gasteiger partial charge is 0.329 e.